The summed E-state index contributed by atoms with van der Waals surface area (Å²) in [6.07, 6.45) is 8.42. The predicted molar refractivity (Wildman–Crippen MR) is 159 cm³/mol. The topological polar surface area (TPSA) is 83.3 Å². The molecule has 1 aromatic rings. The normalized spacial score (nSPS) is 22.5. The summed E-state index contributed by atoms with van der Waals surface area (Å²) in [4.78, 5) is 18.1. The number of carbonyl (C=O) groups is 1. The van der Waals surface area contributed by atoms with E-state index in [-0.39, 0.29) is 29.3 Å². The van der Waals surface area contributed by atoms with Crippen LogP contribution in [0.3, 0.4) is 0 Å². The number of amides is 1. The van der Waals surface area contributed by atoms with Crippen molar-refractivity contribution in [3.63, 3.8) is 0 Å². The first-order chi connectivity index (χ1) is 17.9. The highest BCUT2D eigenvalue weighted by molar-refractivity contribution is 5.98. The maximum absolute atomic E-state index is 13.4. The van der Waals surface area contributed by atoms with E-state index in [0.717, 1.165) is 45.1 Å². The Bertz CT molecular complexity index is 926. The Kier molecular flexibility index (Phi) is 10.6. The van der Waals surface area contributed by atoms with Gasteiger partial charge in [0.25, 0.3) is 0 Å². The van der Waals surface area contributed by atoms with Gasteiger partial charge in [-0.3, -0.25) is 20.5 Å². The lowest BCUT2D eigenvalue weighted by molar-refractivity contribution is -0.130. The SMILES string of the molecule is CC(=N)N(C(=N)C(C)C)C1CC2CCC(C1)N2CCC(NC(=O)C(C)(C)CCCC(C)C)c1ccccc1. The summed E-state index contributed by atoms with van der Waals surface area (Å²) in [6.45, 7) is 15.5. The number of piperidine rings is 1. The third-order valence-electron chi connectivity index (χ3n) is 8.77. The lowest BCUT2D eigenvalue weighted by Gasteiger charge is -2.44. The average molecular weight is 524 g/mol. The Labute approximate surface area is 232 Å². The number of rotatable bonds is 12. The minimum absolute atomic E-state index is 0.000339. The molecular weight excluding hydrogens is 470 g/mol. The first-order valence-electron chi connectivity index (χ1n) is 14.9. The Balaban J connectivity index is 1.66. The van der Waals surface area contributed by atoms with Gasteiger partial charge < -0.3 is 10.2 Å². The Hall–Kier alpha value is -2.21. The zero-order valence-corrected chi connectivity index (χ0v) is 25.0. The summed E-state index contributed by atoms with van der Waals surface area (Å²) in [5.41, 5.74) is 0.797. The summed E-state index contributed by atoms with van der Waals surface area (Å²) < 4.78 is 0. The number of amidine groups is 2. The number of hydrogen-bond donors (Lipinski definition) is 3. The second-order valence-corrected chi connectivity index (χ2v) is 13.1. The molecule has 1 aromatic carbocycles. The molecule has 1 amide bonds. The molecule has 2 saturated heterocycles. The molecule has 38 heavy (non-hydrogen) atoms. The van der Waals surface area contributed by atoms with Gasteiger partial charge in [-0.15, -0.1) is 0 Å². The van der Waals surface area contributed by atoms with Gasteiger partial charge in [-0.05, 0) is 56.9 Å². The van der Waals surface area contributed by atoms with Crippen molar-refractivity contribution in [3.05, 3.63) is 35.9 Å². The number of nitrogens with zero attached hydrogens (tertiary/aromatic N) is 2. The van der Waals surface area contributed by atoms with Gasteiger partial charge in [0.1, 0.15) is 5.84 Å². The van der Waals surface area contributed by atoms with E-state index in [9.17, 15) is 4.79 Å². The van der Waals surface area contributed by atoms with Crippen LogP contribution in [0.2, 0.25) is 0 Å². The summed E-state index contributed by atoms with van der Waals surface area (Å²) in [5.74, 6) is 2.00. The first-order valence-corrected chi connectivity index (χ1v) is 14.9. The van der Waals surface area contributed by atoms with Crippen LogP contribution in [0.4, 0.5) is 0 Å². The van der Waals surface area contributed by atoms with Gasteiger partial charge in [0.2, 0.25) is 5.91 Å². The van der Waals surface area contributed by atoms with Gasteiger partial charge in [-0.1, -0.05) is 84.7 Å². The van der Waals surface area contributed by atoms with Gasteiger partial charge in [0.15, 0.2) is 0 Å². The van der Waals surface area contributed by atoms with E-state index in [2.05, 4.69) is 62.2 Å². The summed E-state index contributed by atoms with van der Waals surface area (Å²) in [6, 6.07) is 11.7. The molecule has 212 valence electrons. The molecule has 6 nitrogen and oxygen atoms in total. The van der Waals surface area contributed by atoms with Crippen molar-refractivity contribution in [2.24, 2.45) is 17.3 Å². The fourth-order valence-electron chi connectivity index (χ4n) is 6.46. The number of fused-ring (bicyclic) bond motifs is 2. The zero-order chi connectivity index (χ0) is 28.0. The highest BCUT2D eigenvalue weighted by atomic mass is 16.2. The molecule has 2 heterocycles. The van der Waals surface area contributed by atoms with Crippen LogP contribution in [-0.4, -0.2) is 52.0 Å². The van der Waals surface area contributed by atoms with Crippen LogP contribution in [0.15, 0.2) is 30.3 Å². The van der Waals surface area contributed by atoms with Gasteiger partial charge in [-0.2, -0.15) is 0 Å². The molecule has 0 radical (unpaired) electrons. The number of benzene rings is 1. The van der Waals surface area contributed by atoms with Crippen molar-refractivity contribution in [2.45, 2.75) is 124 Å². The van der Waals surface area contributed by atoms with Crippen molar-refractivity contribution in [3.8, 4) is 0 Å². The summed E-state index contributed by atoms with van der Waals surface area (Å²) >= 11 is 0. The minimum Gasteiger partial charge on any atom is -0.349 e. The van der Waals surface area contributed by atoms with Crippen LogP contribution in [0, 0.1) is 28.1 Å². The van der Waals surface area contributed by atoms with E-state index in [0.29, 0.717) is 29.7 Å². The number of nitrogens with one attached hydrogen (secondary N) is 3. The molecule has 2 aliphatic heterocycles. The minimum atomic E-state index is -0.381. The lowest BCUT2D eigenvalue weighted by Crippen LogP contribution is -2.54. The molecule has 3 N–H and O–H groups in total. The fourth-order valence-corrected chi connectivity index (χ4v) is 6.46. The molecule has 3 unspecified atom stereocenters. The first kappa shape index (κ1) is 30.3. The smallest absolute Gasteiger partial charge is 0.226 e. The average Bonchev–Trinajstić information content (AvgIpc) is 3.08. The van der Waals surface area contributed by atoms with Crippen molar-refractivity contribution in [1.29, 1.82) is 10.8 Å². The quantitative estimate of drug-likeness (QED) is 0.203. The molecule has 0 aromatic heterocycles. The number of hydrogen-bond acceptors (Lipinski definition) is 4. The van der Waals surface area contributed by atoms with Gasteiger partial charge >= 0.3 is 0 Å². The van der Waals surface area contributed by atoms with Crippen molar-refractivity contribution in [1.82, 2.24) is 15.1 Å². The van der Waals surface area contributed by atoms with E-state index in [4.69, 9.17) is 10.8 Å². The second-order valence-electron chi connectivity index (χ2n) is 13.1. The van der Waals surface area contributed by atoms with E-state index < -0.39 is 0 Å². The van der Waals surface area contributed by atoms with Crippen molar-refractivity contribution >= 4 is 17.6 Å². The van der Waals surface area contributed by atoms with Crippen LogP contribution in [0.5, 0.6) is 0 Å². The van der Waals surface area contributed by atoms with E-state index >= 15 is 0 Å². The third kappa shape index (κ3) is 7.68. The molecule has 2 fully saturated rings. The van der Waals surface area contributed by atoms with Crippen molar-refractivity contribution < 1.29 is 4.79 Å². The highest BCUT2D eigenvalue weighted by Gasteiger charge is 2.43. The molecule has 0 aliphatic carbocycles. The fraction of sp³-hybridized carbons (Fsp3) is 0.719. The molecule has 0 saturated carbocycles. The maximum Gasteiger partial charge on any atom is 0.226 e. The van der Waals surface area contributed by atoms with Crippen LogP contribution in [0.1, 0.15) is 111 Å². The molecule has 2 bridgehead atoms. The molecule has 2 aliphatic rings. The molecule has 6 heteroatoms. The molecular formula is C32H53N5O. The van der Waals surface area contributed by atoms with Gasteiger partial charge in [0.05, 0.1) is 11.9 Å². The standard InChI is InChI=1S/C32H53N5O/c1-22(2)12-11-18-32(6,7)31(38)35-29(25-13-9-8-10-14-25)17-19-36-26-15-16-27(36)21-28(20-26)37(24(5)33)30(34)23(3)4/h8-10,13-14,22-23,26-29,33-34H,11-12,15-21H2,1-7H3,(H,35,38). The largest absolute Gasteiger partial charge is 0.349 e. The van der Waals surface area contributed by atoms with Crippen LogP contribution < -0.4 is 5.32 Å². The zero-order valence-electron chi connectivity index (χ0n) is 25.0. The van der Waals surface area contributed by atoms with Gasteiger partial charge in [-0.25, -0.2) is 0 Å². The van der Waals surface area contributed by atoms with E-state index in [1.807, 2.05) is 31.7 Å². The summed E-state index contributed by atoms with van der Waals surface area (Å²) in [5, 5.41) is 20.4. The monoisotopic (exact) mass is 523 g/mol. The van der Waals surface area contributed by atoms with Crippen LogP contribution >= 0.6 is 0 Å². The van der Waals surface area contributed by atoms with Crippen molar-refractivity contribution in [2.75, 3.05) is 6.54 Å². The Morgan fingerprint density at radius 3 is 2.18 bits per heavy atom. The third-order valence-corrected chi connectivity index (χ3v) is 8.77. The summed E-state index contributed by atoms with van der Waals surface area (Å²) in [7, 11) is 0. The highest BCUT2D eigenvalue weighted by Crippen LogP contribution is 2.39. The van der Waals surface area contributed by atoms with Crippen LogP contribution in [0.25, 0.3) is 0 Å². The second kappa shape index (κ2) is 13.2. The maximum atomic E-state index is 13.4. The predicted octanol–water partition coefficient (Wildman–Crippen LogP) is 7.01. The van der Waals surface area contributed by atoms with Gasteiger partial charge in [0, 0.05) is 36.0 Å². The molecule has 3 rings (SSSR count). The molecule has 3 atom stereocenters. The van der Waals surface area contributed by atoms with E-state index in [1.54, 1.807) is 0 Å². The Morgan fingerprint density at radius 1 is 1.05 bits per heavy atom. The lowest BCUT2D eigenvalue weighted by atomic mass is 9.84. The number of carbonyl (C=O) groups excluding carboxylic acids is 1. The van der Waals surface area contributed by atoms with Crippen LogP contribution in [-0.2, 0) is 4.79 Å². The Morgan fingerprint density at radius 2 is 1.66 bits per heavy atom. The van der Waals surface area contributed by atoms with E-state index in [1.165, 1.54) is 18.4 Å². The molecule has 0 spiro atoms.